The first kappa shape index (κ1) is 30.7. The number of fused-ring (bicyclic) bond motifs is 1. The molecule has 0 bridgehead atoms. The largest absolute Gasteiger partial charge is 0.464 e. The fraction of sp³-hybridized carbons (Fsp3) is 0.353. The summed E-state index contributed by atoms with van der Waals surface area (Å²) < 4.78 is 41.3. The highest BCUT2D eigenvalue weighted by atomic mass is 32.2. The second-order valence-corrected chi connectivity index (χ2v) is 13.4. The summed E-state index contributed by atoms with van der Waals surface area (Å²) in [5.41, 5.74) is 4.58. The molecule has 1 aliphatic rings. The van der Waals surface area contributed by atoms with Gasteiger partial charge in [-0.3, -0.25) is 9.59 Å². The Morgan fingerprint density at radius 3 is 2.33 bits per heavy atom. The molecule has 9 heteroatoms. The maximum Gasteiger partial charge on any atom is 0.244 e. The number of rotatable bonds is 10. The van der Waals surface area contributed by atoms with Gasteiger partial charge in [0.15, 0.2) is 5.43 Å². The Hall–Kier alpha value is -3.79. The van der Waals surface area contributed by atoms with Gasteiger partial charge in [-0.25, -0.2) is 8.42 Å². The summed E-state index contributed by atoms with van der Waals surface area (Å²) in [5, 5.41) is 0.442. The van der Waals surface area contributed by atoms with E-state index >= 15 is 0 Å². The highest BCUT2D eigenvalue weighted by molar-refractivity contribution is 7.89. The SMILES string of the molecule is Cc1cc(C)c(S(=O)(=O)N(CC(=O)N(Cc2ccccc2)Cc2coc3ccc(C)cc3c2=O)C[C@H]2CCCO2)c(C)c1. The van der Waals surface area contributed by atoms with Crippen molar-refractivity contribution in [2.45, 2.75) is 64.6 Å². The van der Waals surface area contributed by atoms with Crippen molar-refractivity contribution in [3.05, 3.63) is 111 Å². The smallest absolute Gasteiger partial charge is 0.244 e. The lowest BCUT2D eigenvalue weighted by atomic mass is 10.1. The van der Waals surface area contributed by atoms with Crippen molar-refractivity contribution < 1.29 is 22.4 Å². The van der Waals surface area contributed by atoms with Gasteiger partial charge >= 0.3 is 0 Å². The Balaban J connectivity index is 1.51. The third-order valence-corrected chi connectivity index (χ3v) is 9.99. The van der Waals surface area contributed by atoms with Crippen molar-refractivity contribution >= 4 is 26.9 Å². The van der Waals surface area contributed by atoms with E-state index in [4.69, 9.17) is 9.15 Å². The summed E-state index contributed by atoms with van der Waals surface area (Å²) in [6.45, 7) is 7.79. The summed E-state index contributed by atoms with van der Waals surface area (Å²) in [6, 6.07) is 18.5. The van der Waals surface area contributed by atoms with Gasteiger partial charge in [0.25, 0.3) is 0 Å². The zero-order chi connectivity index (χ0) is 30.7. The molecule has 4 aromatic rings. The molecule has 8 nitrogen and oxygen atoms in total. The van der Waals surface area contributed by atoms with Crippen LogP contribution in [0.4, 0.5) is 0 Å². The van der Waals surface area contributed by atoms with Crippen LogP contribution in [0, 0.1) is 27.7 Å². The van der Waals surface area contributed by atoms with Crippen LogP contribution in [0.5, 0.6) is 0 Å². The Morgan fingerprint density at radius 1 is 0.930 bits per heavy atom. The molecular formula is C34H38N2O6S. The van der Waals surface area contributed by atoms with Crippen LogP contribution in [0.15, 0.2) is 81.0 Å². The van der Waals surface area contributed by atoms with Crippen LogP contribution in [0.25, 0.3) is 11.0 Å². The first-order chi connectivity index (χ1) is 20.5. The second kappa shape index (κ2) is 12.8. The molecule has 0 spiro atoms. The molecule has 1 saturated heterocycles. The van der Waals surface area contributed by atoms with E-state index in [-0.39, 0.29) is 42.6 Å². The molecule has 1 aliphatic heterocycles. The fourth-order valence-electron chi connectivity index (χ4n) is 5.85. The minimum atomic E-state index is -4.06. The number of aryl methyl sites for hydroxylation is 4. The van der Waals surface area contributed by atoms with E-state index in [0.29, 0.717) is 34.3 Å². The van der Waals surface area contributed by atoms with Crippen molar-refractivity contribution in [3.8, 4) is 0 Å². The molecular weight excluding hydrogens is 564 g/mol. The minimum absolute atomic E-state index is 0.0314. The van der Waals surface area contributed by atoms with Crippen LogP contribution in [0.1, 0.15) is 46.2 Å². The number of ether oxygens (including phenoxy) is 1. The highest BCUT2D eigenvalue weighted by Gasteiger charge is 2.34. The average Bonchev–Trinajstić information content (AvgIpc) is 3.47. The van der Waals surface area contributed by atoms with Crippen LogP contribution >= 0.6 is 0 Å². The molecule has 0 radical (unpaired) electrons. The molecule has 1 atom stereocenters. The van der Waals surface area contributed by atoms with Gasteiger partial charge in [-0.1, -0.05) is 59.7 Å². The van der Waals surface area contributed by atoms with Crippen molar-refractivity contribution in [2.24, 2.45) is 0 Å². The average molecular weight is 603 g/mol. The summed E-state index contributed by atoms with van der Waals surface area (Å²) >= 11 is 0. The molecule has 226 valence electrons. The highest BCUT2D eigenvalue weighted by Crippen LogP contribution is 2.27. The number of carbonyl (C=O) groups excluding carboxylic acids is 1. The van der Waals surface area contributed by atoms with Crippen molar-refractivity contribution in [1.82, 2.24) is 9.21 Å². The Labute approximate surface area is 252 Å². The van der Waals surface area contributed by atoms with Crippen molar-refractivity contribution in [2.75, 3.05) is 19.7 Å². The molecule has 0 unspecified atom stereocenters. The van der Waals surface area contributed by atoms with Crippen molar-refractivity contribution in [1.29, 1.82) is 0 Å². The molecule has 5 rings (SSSR count). The lowest BCUT2D eigenvalue weighted by Crippen LogP contribution is -2.45. The number of amides is 1. The van der Waals surface area contributed by atoms with E-state index in [1.165, 1.54) is 15.5 Å². The second-order valence-electron chi connectivity index (χ2n) is 11.5. The summed E-state index contributed by atoms with van der Waals surface area (Å²) in [6.07, 6.45) is 2.65. The van der Waals surface area contributed by atoms with Crippen LogP contribution in [0.2, 0.25) is 0 Å². The number of nitrogens with zero attached hydrogens (tertiary/aromatic N) is 2. The molecule has 0 N–H and O–H groups in total. The number of benzene rings is 3. The topological polar surface area (TPSA) is 97.1 Å². The number of hydrogen-bond acceptors (Lipinski definition) is 6. The van der Waals surface area contributed by atoms with Gasteiger partial charge in [-0.05, 0) is 69.4 Å². The predicted molar refractivity (Wildman–Crippen MR) is 166 cm³/mol. The maximum atomic E-state index is 14.2. The monoisotopic (exact) mass is 602 g/mol. The van der Waals surface area contributed by atoms with E-state index in [0.717, 1.165) is 29.5 Å². The van der Waals surface area contributed by atoms with E-state index in [2.05, 4.69) is 0 Å². The van der Waals surface area contributed by atoms with E-state index in [1.807, 2.05) is 62.4 Å². The summed E-state index contributed by atoms with van der Waals surface area (Å²) in [5.74, 6) is -0.420. The lowest BCUT2D eigenvalue weighted by molar-refractivity contribution is -0.132. The van der Waals surface area contributed by atoms with Crippen LogP contribution in [0.3, 0.4) is 0 Å². The van der Waals surface area contributed by atoms with E-state index in [1.54, 1.807) is 26.0 Å². The Morgan fingerprint density at radius 2 is 1.65 bits per heavy atom. The molecule has 1 aromatic heterocycles. The summed E-state index contributed by atoms with van der Waals surface area (Å²) in [7, 11) is -4.06. The first-order valence-corrected chi connectivity index (χ1v) is 16.0. The Bertz CT molecular complexity index is 1770. The van der Waals surface area contributed by atoms with E-state index < -0.39 is 15.9 Å². The molecule has 3 aromatic carbocycles. The van der Waals surface area contributed by atoms with Gasteiger partial charge in [0.2, 0.25) is 15.9 Å². The number of hydrogen-bond donors (Lipinski definition) is 0. The van der Waals surface area contributed by atoms with Gasteiger partial charge in [-0.15, -0.1) is 0 Å². The minimum Gasteiger partial charge on any atom is -0.464 e. The quantitative estimate of drug-likeness (QED) is 0.240. The van der Waals surface area contributed by atoms with Gasteiger partial charge in [0.05, 0.1) is 41.3 Å². The standard InChI is InChI=1S/C34H38N2O6S/c1-23-12-13-31-30(17-23)33(38)28(22-42-31)19-35(18-27-9-6-5-7-10-27)32(37)21-36(20-29-11-8-14-41-29)43(39,40)34-25(3)15-24(2)16-26(34)4/h5-7,9-10,12-13,15-17,22,29H,8,11,14,18-21H2,1-4H3/t29-/m1/s1. The fourth-order valence-corrected chi connectivity index (χ4v) is 7.69. The van der Waals surface area contributed by atoms with E-state index in [9.17, 15) is 18.0 Å². The van der Waals surface area contributed by atoms with Gasteiger partial charge in [0, 0.05) is 19.7 Å². The van der Waals surface area contributed by atoms with Crippen molar-refractivity contribution in [3.63, 3.8) is 0 Å². The van der Waals surface area contributed by atoms with Crippen LogP contribution in [-0.4, -0.2) is 49.3 Å². The van der Waals surface area contributed by atoms with Gasteiger partial charge in [-0.2, -0.15) is 4.31 Å². The summed E-state index contributed by atoms with van der Waals surface area (Å²) in [4.78, 5) is 29.3. The molecule has 2 heterocycles. The predicted octanol–water partition coefficient (Wildman–Crippen LogP) is 5.43. The van der Waals surface area contributed by atoms with Crippen LogP contribution < -0.4 is 5.43 Å². The molecule has 1 fully saturated rings. The van der Waals surface area contributed by atoms with Crippen LogP contribution in [-0.2, 0) is 32.6 Å². The third kappa shape index (κ3) is 6.90. The van der Waals surface area contributed by atoms with Gasteiger partial charge in [0.1, 0.15) is 5.58 Å². The maximum absolute atomic E-state index is 14.2. The number of carbonyl (C=O) groups is 1. The normalized spacial score (nSPS) is 15.3. The van der Waals surface area contributed by atoms with Gasteiger partial charge < -0.3 is 14.1 Å². The molecule has 0 saturated carbocycles. The first-order valence-electron chi connectivity index (χ1n) is 14.6. The third-order valence-electron chi connectivity index (χ3n) is 7.88. The zero-order valence-electron chi connectivity index (χ0n) is 25.1. The molecule has 0 aliphatic carbocycles. The molecule has 1 amide bonds. The zero-order valence-corrected chi connectivity index (χ0v) is 25.9. The molecule has 43 heavy (non-hydrogen) atoms. The number of sulfonamides is 1. The Kier molecular flexibility index (Phi) is 9.15. The lowest BCUT2D eigenvalue weighted by Gasteiger charge is -2.29.